The molecule has 1 rings (SSSR count). The van der Waals surface area contributed by atoms with Crippen molar-refractivity contribution in [2.75, 3.05) is 14.2 Å². The van der Waals surface area contributed by atoms with Gasteiger partial charge in [0.1, 0.15) is 0 Å². The van der Waals surface area contributed by atoms with Crippen molar-refractivity contribution in [1.82, 2.24) is 0 Å². The zero-order valence-corrected chi connectivity index (χ0v) is 11.8. The summed E-state index contributed by atoms with van der Waals surface area (Å²) in [5, 5.41) is 0.165. The molecule has 0 aliphatic rings. The first-order valence-electron chi connectivity index (χ1n) is 5.97. The van der Waals surface area contributed by atoms with E-state index < -0.39 is 0 Å². The summed E-state index contributed by atoms with van der Waals surface area (Å²) in [6.45, 7) is 4.34. The lowest BCUT2D eigenvalue weighted by molar-refractivity contribution is 0.354. The lowest BCUT2D eigenvalue weighted by Gasteiger charge is -2.17. The molecule has 2 atom stereocenters. The van der Waals surface area contributed by atoms with Gasteiger partial charge in [0, 0.05) is 5.38 Å². The van der Waals surface area contributed by atoms with Gasteiger partial charge < -0.3 is 9.47 Å². The molecule has 0 spiro atoms. The maximum absolute atomic E-state index is 6.36. The molecule has 1 aromatic rings. The number of rotatable bonds is 6. The second kappa shape index (κ2) is 6.75. The Morgan fingerprint density at radius 2 is 1.82 bits per heavy atom. The summed E-state index contributed by atoms with van der Waals surface area (Å²) in [4.78, 5) is 0. The van der Waals surface area contributed by atoms with Crippen molar-refractivity contribution in [2.24, 2.45) is 5.92 Å². The molecule has 0 N–H and O–H groups in total. The summed E-state index contributed by atoms with van der Waals surface area (Å²) in [5.41, 5.74) is 1.18. The van der Waals surface area contributed by atoms with Gasteiger partial charge in [-0.25, -0.2) is 0 Å². The lowest BCUT2D eigenvalue weighted by Crippen LogP contribution is -2.13. The van der Waals surface area contributed by atoms with Gasteiger partial charge in [-0.2, -0.15) is 0 Å². The standard InChI is InChI=1S/C14H21ClO2/c1-5-10(2)12(15)8-11-6-7-13(16-3)14(9-11)17-4/h6-7,9-10,12H,5,8H2,1-4H3. The molecule has 2 unspecified atom stereocenters. The third-order valence-electron chi connectivity index (χ3n) is 3.14. The van der Waals surface area contributed by atoms with Gasteiger partial charge in [0.25, 0.3) is 0 Å². The Hall–Kier alpha value is -0.890. The maximum Gasteiger partial charge on any atom is 0.160 e. The molecule has 0 radical (unpaired) electrons. The molecule has 0 fully saturated rings. The summed E-state index contributed by atoms with van der Waals surface area (Å²) in [6, 6.07) is 5.96. The van der Waals surface area contributed by atoms with E-state index in [2.05, 4.69) is 13.8 Å². The van der Waals surface area contributed by atoms with Crippen LogP contribution in [0.5, 0.6) is 11.5 Å². The van der Waals surface area contributed by atoms with Crippen LogP contribution in [0.15, 0.2) is 18.2 Å². The maximum atomic E-state index is 6.36. The highest BCUT2D eigenvalue weighted by Crippen LogP contribution is 2.29. The van der Waals surface area contributed by atoms with Crippen LogP contribution >= 0.6 is 11.6 Å². The molecular formula is C14H21ClO2. The van der Waals surface area contributed by atoms with E-state index in [1.54, 1.807) is 14.2 Å². The summed E-state index contributed by atoms with van der Waals surface area (Å²) in [6.07, 6.45) is 1.96. The summed E-state index contributed by atoms with van der Waals surface area (Å²) in [5.74, 6) is 2.04. The zero-order chi connectivity index (χ0) is 12.8. The Morgan fingerprint density at radius 3 is 2.35 bits per heavy atom. The average Bonchev–Trinajstić information content (AvgIpc) is 2.37. The largest absolute Gasteiger partial charge is 0.493 e. The van der Waals surface area contributed by atoms with Crippen LogP contribution in [0.1, 0.15) is 25.8 Å². The summed E-state index contributed by atoms with van der Waals surface area (Å²) < 4.78 is 10.5. The van der Waals surface area contributed by atoms with Crippen molar-refractivity contribution >= 4 is 11.6 Å². The van der Waals surface area contributed by atoms with Crippen molar-refractivity contribution in [2.45, 2.75) is 32.1 Å². The number of hydrogen-bond acceptors (Lipinski definition) is 2. The molecule has 2 nitrogen and oxygen atoms in total. The van der Waals surface area contributed by atoms with Crippen molar-refractivity contribution < 1.29 is 9.47 Å². The lowest BCUT2D eigenvalue weighted by atomic mass is 9.98. The Balaban J connectivity index is 2.78. The predicted octanol–water partition coefficient (Wildman–Crippen LogP) is 3.90. The first kappa shape index (κ1) is 14.2. The smallest absolute Gasteiger partial charge is 0.160 e. The molecule has 0 saturated carbocycles. The van der Waals surface area contributed by atoms with E-state index in [9.17, 15) is 0 Å². The first-order chi connectivity index (χ1) is 8.12. The number of benzene rings is 1. The van der Waals surface area contributed by atoms with Crippen LogP contribution < -0.4 is 9.47 Å². The van der Waals surface area contributed by atoms with Gasteiger partial charge >= 0.3 is 0 Å². The topological polar surface area (TPSA) is 18.5 Å². The fraction of sp³-hybridized carbons (Fsp3) is 0.571. The van der Waals surface area contributed by atoms with Crippen LogP contribution in [0.2, 0.25) is 0 Å². The molecule has 17 heavy (non-hydrogen) atoms. The normalized spacial score (nSPS) is 14.2. The van der Waals surface area contributed by atoms with Crippen LogP contribution in [-0.4, -0.2) is 19.6 Å². The molecule has 3 heteroatoms. The van der Waals surface area contributed by atoms with Crippen molar-refractivity contribution in [3.63, 3.8) is 0 Å². The zero-order valence-electron chi connectivity index (χ0n) is 11.0. The predicted molar refractivity (Wildman–Crippen MR) is 72.3 cm³/mol. The highest BCUT2D eigenvalue weighted by molar-refractivity contribution is 6.20. The molecule has 0 aliphatic heterocycles. The highest BCUT2D eigenvalue weighted by atomic mass is 35.5. The monoisotopic (exact) mass is 256 g/mol. The number of halogens is 1. The van der Waals surface area contributed by atoms with Gasteiger partial charge in [-0.05, 0) is 30.0 Å². The minimum absolute atomic E-state index is 0.165. The van der Waals surface area contributed by atoms with Gasteiger partial charge in [-0.3, -0.25) is 0 Å². The molecule has 0 bridgehead atoms. The Labute approximate surface area is 109 Å². The van der Waals surface area contributed by atoms with E-state index in [0.29, 0.717) is 5.92 Å². The van der Waals surface area contributed by atoms with Crippen LogP contribution in [0, 0.1) is 5.92 Å². The van der Waals surface area contributed by atoms with Crippen molar-refractivity contribution in [3.05, 3.63) is 23.8 Å². The second-order valence-corrected chi connectivity index (χ2v) is 4.86. The van der Waals surface area contributed by atoms with Gasteiger partial charge in [0.2, 0.25) is 0 Å². The van der Waals surface area contributed by atoms with Crippen LogP contribution in [0.25, 0.3) is 0 Å². The molecular weight excluding hydrogens is 236 g/mol. The molecule has 0 saturated heterocycles. The summed E-state index contributed by atoms with van der Waals surface area (Å²) in [7, 11) is 3.29. The van der Waals surface area contributed by atoms with E-state index in [0.717, 1.165) is 24.3 Å². The fourth-order valence-corrected chi connectivity index (χ4v) is 2.05. The van der Waals surface area contributed by atoms with E-state index in [1.807, 2.05) is 18.2 Å². The molecule has 0 amide bonds. The van der Waals surface area contributed by atoms with Crippen LogP contribution in [0.4, 0.5) is 0 Å². The average molecular weight is 257 g/mol. The minimum Gasteiger partial charge on any atom is -0.493 e. The Kier molecular flexibility index (Phi) is 5.63. The highest BCUT2D eigenvalue weighted by Gasteiger charge is 2.14. The third-order valence-corrected chi connectivity index (χ3v) is 3.72. The number of methoxy groups -OCH3 is 2. The molecule has 1 aromatic carbocycles. The molecule has 0 aromatic heterocycles. The van der Waals surface area contributed by atoms with Crippen LogP contribution in [-0.2, 0) is 6.42 Å². The SMILES string of the molecule is CCC(C)C(Cl)Cc1ccc(OC)c(OC)c1. The van der Waals surface area contributed by atoms with Crippen molar-refractivity contribution in [1.29, 1.82) is 0 Å². The quantitative estimate of drug-likeness (QED) is 0.719. The summed E-state index contributed by atoms with van der Waals surface area (Å²) >= 11 is 6.36. The van der Waals surface area contributed by atoms with Crippen LogP contribution in [0.3, 0.4) is 0 Å². The Bertz CT molecular complexity index is 352. The molecule has 0 heterocycles. The number of alkyl halides is 1. The van der Waals surface area contributed by atoms with Gasteiger partial charge in [-0.15, -0.1) is 11.6 Å². The number of hydrogen-bond donors (Lipinski definition) is 0. The fourth-order valence-electron chi connectivity index (χ4n) is 1.69. The minimum atomic E-state index is 0.165. The third kappa shape index (κ3) is 3.81. The Morgan fingerprint density at radius 1 is 1.18 bits per heavy atom. The van der Waals surface area contributed by atoms with E-state index >= 15 is 0 Å². The van der Waals surface area contributed by atoms with Gasteiger partial charge in [0.15, 0.2) is 11.5 Å². The van der Waals surface area contributed by atoms with Gasteiger partial charge in [-0.1, -0.05) is 26.3 Å². The first-order valence-corrected chi connectivity index (χ1v) is 6.41. The molecule has 0 aliphatic carbocycles. The van der Waals surface area contributed by atoms with E-state index in [1.165, 1.54) is 5.56 Å². The van der Waals surface area contributed by atoms with Gasteiger partial charge in [0.05, 0.1) is 14.2 Å². The number of ether oxygens (including phenoxy) is 2. The molecule has 96 valence electrons. The van der Waals surface area contributed by atoms with E-state index in [4.69, 9.17) is 21.1 Å². The van der Waals surface area contributed by atoms with Crippen molar-refractivity contribution in [3.8, 4) is 11.5 Å². The van der Waals surface area contributed by atoms with E-state index in [-0.39, 0.29) is 5.38 Å². The second-order valence-electron chi connectivity index (χ2n) is 4.29.